The van der Waals surface area contributed by atoms with Crippen molar-refractivity contribution in [3.05, 3.63) is 76.8 Å². The molecule has 1 aromatic heterocycles. The van der Waals surface area contributed by atoms with Crippen molar-refractivity contribution < 1.29 is 9.18 Å². The zero-order chi connectivity index (χ0) is 19.4. The summed E-state index contributed by atoms with van der Waals surface area (Å²) in [5.74, 6) is -0.393. The number of aromatic nitrogens is 2. The highest BCUT2D eigenvalue weighted by Crippen LogP contribution is 2.19. The third-order valence-electron chi connectivity index (χ3n) is 3.77. The van der Waals surface area contributed by atoms with Crippen LogP contribution in [0.25, 0.3) is 0 Å². The molecule has 138 valence electrons. The van der Waals surface area contributed by atoms with Crippen LogP contribution in [0.4, 0.5) is 15.8 Å². The molecule has 0 aliphatic carbocycles. The van der Waals surface area contributed by atoms with Crippen molar-refractivity contribution >= 4 is 46.1 Å². The maximum Gasteiger partial charge on any atom is 0.175 e. The van der Waals surface area contributed by atoms with Crippen LogP contribution in [-0.2, 0) is 6.54 Å². The summed E-state index contributed by atoms with van der Waals surface area (Å²) in [4.78, 5) is 11.5. The third-order valence-corrected chi connectivity index (χ3v) is 4.32. The van der Waals surface area contributed by atoms with Crippen molar-refractivity contribution in [1.29, 1.82) is 0 Å². The van der Waals surface area contributed by atoms with E-state index >= 15 is 0 Å². The van der Waals surface area contributed by atoms with Crippen LogP contribution in [0.3, 0.4) is 0 Å². The molecule has 0 saturated heterocycles. The molecule has 8 heteroatoms. The molecule has 0 unspecified atom stereocenters. The highest BCUT2D eigenvalue weighted by Gasteiger charge is 2.07. The summed E-state index contributed by atoms with van der Waals surface area (Å²) >= 11 is 11.3. The molecule has 0 amide bonds. The van der Waals surface area contributed by atoms with Gasteiger partial charge in [0.2, 0.25) is 0 Å². The van der Waals surface area contributed by atoms with E-state index in [9.17, 15) is 9.18 Å². The topological polar surface area (TPSA) is 59.0 Å². The Morgan fingerprint density at radius 3 is 2.74 bits per heavy atom. The van der Waals surface area contributed by atoms with Crippen LogP contribution in [0.1, 0.15) is 22.8 Å². The third kappa shape index (κ3) is 5.12. The highest BCUT2D eigenvalue weighted by molar-refractivity contribution is 7.80. The van der Waals surface area contributed by atoms with Crippen molar-refractivity contribution in [3.8, 4) is 0 Å². The average molecular weight is 403 g/mol. The van der Waals surface area contributed by atoms with Gasteiger partial charge in [0.15, 0.2) is 10.9 Å². The minimum absolute atomic E-state index is 0.0155. The number of carbonyl (C=O) groups is 1. The molecule has 3 rings (SSSR count). The maximum absolute atomic E-state index is 13.1. The Hall–Kier alpha value is -2.77. The second-order valence-corrected chi connectivity index (χ2v) is 6.69. The van der Waals surface area contributed by atoms with E-state index in [1.165, 1.54) is 19.1 Å². The summed E-state index contributed by atoms with van der Waals surface area (Å²) in [6, 6.07) is 11.3. The van der Waals surface area contributed by atoms with Gasteiger partial charge >= 0.3 is 0 Å². The van der Waals surface area contributed by atoms with Crippen LogP contribution >= 0.6 is 23.8 Å². The summed E-state index contributed by atoms with van der Waals surface area (Å²) in [7, 11) is 0. The molecule has 2 aromatic carbocycles. The second kappa shape index (κ2) is 8.28. The molecule has 1 heterocycles. The fourth-order valence-electron chi connectivity index (χ4n) is 2.45. The first-order chi connectivity index (χ1) is 12.9. The Bertz CT molecular complexity index is 1000. The number of anilines is 2. The minimum Gasteiger partial charge on any atom is -0.332 e. The second-order valence-electron chi connectivity index (χ2n) is 5.88. The molecule has 0 aliphatic heterocycles. The van der Waals surface area contributed by atoms with E-state index in [-0.39, 0.29) is 11.6 Å². The smallest absolute Gasteiger partial charge is 0.175 e. The number of halogens is 2. The van der Waals surface area contributed by atoms with Gasteiger partial charge in [0, 0.05) is 22.5 Å². The van der Waals surface area contributed by atoms with E-state index in [4.69, 9.17) is 23.8 Å². The Morgan fingerprint density at radius 1 is 1.22 bits per heavy atom. The number of nitrogens with zero attached hydrogens (tertiary/aromatic N) is 2. The van der Waals surface area contributed by atoms with Crippen LogP contribution in [0.15, 0.2) is 54.9 Å². The summed E-state index contributed by atoms with van der Waals surface area (Å²) in [6.07, 6.45) is 3.39. The standard InChI is InChI=1S/C19H16ClFN4OS/c1-12(26)13-3-2-4-16(7-13)23-19(27)24-17-9-22-25(11-17)10-14-5-6-15(21)8-18(14)20/h2-9,11H,10H2,1H3,(H2,23,24,27). The Morgan fingerprint density at radius 2 is 2.00 bits per heavy atom. The molecule has 27 heavy (non-hydrogen) atoms. The summed E-state index contributed by atoms with van der Waals surface area (Å²) < 4.78 is 14.8. The zero-order valence-electron chi connectivity index (χ0n) is 14.4. The van der Waals surface area contributed by atoms with Gasteiger partial charge in [0.25, 0.3) is 0 Å². The molecule has 0 atom stereocenters. The van der Waals surface area contributed by atoms with Gasteiger partial charge in [-0.15, -0.1) is 0 Å². The van der Waals surface area contributed by atoms with Crippen molar-refractivity contribution in [1.82, 2.24) is 9.78 Å². The SMILES string of the molecule is CC(=O)c1cccc(NC(=S)Nc2cnn(Cc3ccc(F)cc3Cl)c2)c1. The predicted molar refractivity (Wildman–Crippen MR) is 109 cm³/mol. The summed E-state index contributed by atoms with van der Waals surface area (Å²) in [6.45, 7) is 1.92. The van der Waals surface area contributed by atoms with Crippen LogP contribution in [0.5, 0.6) is 0 Å². The molecule has 0 radical (unpaired) electrons. The molecule has 0 bridgehead atoms. The van der Waals surface area contributed by atoms with E-state index in [1.807, 2.05) is 6.07 Å². The van der Waals surface area contributed by atoms with E-state index < -0.39 is 0 Å². The Labute approximate surface area is 166 Å². The monoisotopic (exact) mass is 402 g/mol. The first-order valence-corrected chi connectivity index (χ1v) is 8.85. The number of carbonyl (C=O) groups excluding carboxylic acids is 1. The molecule has 5 nitrogen and oxygen atoms in total. The van der Waals surface area contributed by atoms with Crippen LogP contribution in [0.2, 0.25) is 5.02 Å². The minimum atomic E-state index is -0.378. The number of rotatable bonds is 5. The number of hydrogen-bond donors (Lipinski definition) is 2. The van der Waals surface area contributed by atoms with Gasteiger partial charge in [-0.25, -0.2) is 4.39 Å². The maximum atomic E-state index is 13.1. The van der Waals surface area contributed by atoms with Gasteiger partial charge in [-0.3, -0.25) is 9.48 Å². The quantitative estimate of drug-likeness (QED) is 0.477. The Balaban J connectivity index is 1.62. The van der Waals surface area contributed by atoms with Gasteiger partial charge in [0.1, 0.15) is 5.82 Å². The molecule has 0 spiro atoms. The van der Waals surface area contributed by atoms with E-state index in [1.54, 1.807) is 41.3 Å². The fourth-order valence-corrected chi connectivity index (χ4v) is 2.91. The van der Waals surface area contributed by atoms with E-state index in [0.717, 1.165) is 5.56 Å². The van der Waals surface area contributed by atoms with Gasteiger partial charge in [-0.2, -0.15) is 5.10 Å². The fraction of sp³-hybridized carbons (Fsp3) is 0.105. The van der Waals surface area contributed by atoms with Gasteiger partial charge in [-0.05, 0) is 49.0 Å². The van der Waals surface area contributed by atoms with Crippen LogP contribution < -0.4 is 10.6 Å². The molecule has 0 saturated carbocycles. The largest absolute Gasteiger partial charge is 0.332 e. The van der Waals surface area contributed by atoms with Crippen LogP contribution in [0, 0.1) is 5.82 Å². The number of hydrogen-bond acceptors (Lipinski definition) is 3. The Kier molecular flexibility index (Phi) is 5.83. The molecule has 0 fully saturated rings. The van der Waals surface area contributed by atoms with Crippen molar-refractivity contribution in [2.45, 2.75) is 13.5 Å². The highest BCUT2D eigenvalue weighted by atomic mass is 35.5. The van der Waals surface area contributed by atoms with Crippen molar-refractivity contribution in [3.63, 3.8) is 0 Å². The number of benzene rings is 2. The predicted octanol–water partition coefficient (Wildman–Crippen LogP) is 4.74. The lowest BCUT2D eigenvalue weighted by atomic mass is 10.1. The van der Waals surface area contributed by atoms with Gasteiger partial charge in [0.05, 0.1) is 18.4 Å². The lowest BCUT2D eigenvalue weighted by molar-refractivity contribution is 0.101. The van der Waals surface area contributed by atoms with Crippen LogP contribution in [-0.4, -0.2) is 20.7 Å². The van der Waals surface area contributed by atoms with E-state index in [0.29, 0.717) is 33.6 Å². The van der Waals surface area contributed by atoms with Gasteiger partial charge < -0.3 is 10.6 Å². The van der Waals surface area contributed by atoms with Crippen molar-refractivity contribution in [2.24, 2.45) is 0 Å². The zero-order valence-corrected chi connectivity index (χ0v) is 15.9. The van der Waals surface area contributed by atoms with Crippen molar-refractivity contribution in [2.75, 3.05) is 10.6 Å². The number of thiocarbonyl (C=S) groups is 1. The molecule has 3 aromatic rings. The number of nitrogens with one attached hydrogen (secondary N) is 2. The molecular weight excluding hydrogens is 387 g/mol. The van der Waals surface area contributed by atoms with E-state index in [2.05, 4.69) is 15.7 Å². The molecular formula is C19H16ClFN4OS. The van der Waals surface area contributed by atoms with Gasteiger partial charge in [-0.1, -0.05) is 29.8 Å². The number of Topliss-reactive ketones (excluding diaryl/α,β-unsaturated/α-hetero) is 1. The average Bonchev–Trinajstić information content (AvgIpc) is 3.04. The summed E-state index contributed by atoms with van der Waals surface area (Å²) in [5, 5.41) is 11.0. The lowest BCUT2D eigenvalue weighted by Gasteiger charge is -2.09. The summed E-state index contributed by atoms with van der Waals surface area (Å²) in [5.41, 5.74) is 2.76. The first kappa shape index (κ1) is 19.0. The molecule has 0 aliphatic rings. The number of ketones is 1. The lowest BCUT2D eigenvalue weighted by Crippen LogP contribution is -2.19. The first-order valence-electron chi connectivity index (χ1n) is 8.06. The normalized spacial score (nSPS) is 10.5. The molecule has 2 N–H and O–H groups in total.